The smallest absolute Gasteiger partial charge is 0.100 e. The first kappa shape index (κ1) is 8.03. The average Bonchev–Trinajstić information content (AvgIpc) is 2.11. The number of hydrogen-bond donors (Lipinski definition) is 0. The third kappa shape index (κ3) is 1.71. The molecule has 1 heteroatoms. The van der Waals surface area contributed by atoms with Crippen molar-refractivity contribution in [2.45, 2.75) is 46.2 Å². The van der Waals surface area contributed by atoms with Crippen LogP contribution in [0.4, 0.5) is 4.39 Å². The summed E-state index contributed by atoms with van der Waals surface area (Å²) in [5.74, 6) is 0.613. The van der Waals surface area contributed by atoms with Crippen LogP contribution >= 0.6 is 0 Å². The van der Waals surface area contributed by atoms with Crippen LogP contribution in [0.25, 0.3) is 0 Å². The molecular weight excluding hydrogens is 127 g/mol. The lowest BCUT2D eigenvalue weighted by Gasteiger charge is -2.26. The summed E-state index contributed by atoms with van der Waals surface area (Å²) in [5, 5.41) is 0. The minimum Gasteiger partial charge on any atom is -0.247 e. The molecule has 60 valence electrons. The highest BCUT2D eigenvalue weighted by Crippen LogP contribution is 2.40. The van der Waals surface area contributed by atoms with Gasteiger partial charge in [0.2, 0.25) is 0 Å². The van der Waals surface area contributed by atoms with Crippen molar-refractivity contribution in [1.29, 1.82) is 0 Å². The number of rotatable bonds is 0. The van der Waals surface area contributed by atoms with Crippen molar-refractivity contribution in [3.05, 3.63) is 0 Å². The van der Waals surface area contributed by atoms with Gasteiger partial charge in [-0.15, -0.1) is 0 Å². The highest BCUT2D eigenvalue weighted by Gasteiger charge is 2.32. The van der Waals surface area contributed by atoms with Crippen LogP contribution in [0, 0.1) is 11.3 Å². The van der Waals surface area contributed by atoms with Crippen LogP contribution in [0.2, 0.25) is 0 Å². The fourth-order valence-corrected chi connectivity index (χ4v) is 1.71. The maximum absolute atomic E-state index is 12.7. The van der Waals surface area contributed by atoms with Crippen LogP contribution in [0.3, 0.4) is 0 Å². The normalized spacial score (nSPS) is 34.8. The van der Waals surface area contributed by atoms with Gasteiger partial charge in [0.25, 0.3) is 0 Å². The second kappa shape index (κ2) is 2.52. The van der Waals surface area contributed by atoms with Gasteiger partial charge in [-0.25, -0.2) is 4.39 Å². The topological polar surface area (TPSA) is 0 Å². The molecule has 0 N–H and O–H groups in total. The Labute approximate surface area is 62.8 Å². The Morgan fingerprint density at radius 3 is 2.00 bits per heavy atom. The Bertz CT molecular complexity index is 112. The molecule has 10 heavy (non-hydrogen) atoms. The van der Waals surface area contributed by atoms with E-state index in [2.05, 4.69) is 20.8 Å². The molecule has 1 saturated carbocycles. The highest BCUT2D eigenvalue weighted by molar-refractivity contribution is 4.83. The third-order valence-electron chi connectivity index (χ3n) is 2.59. The zero-order valence-electron chi connectivity index (χ0n) is 7.15. The molecule has 1 aliphatic carbocycles. The van der Waals surface area contributed by atoms with Crippen LogP contribution in [0.1, 0.15) is 40.0 Å². The Hall–Kier alpha value is -0.0700. The molecule has 0 unspecified atom stereocenters. The van der Waals surface area contributed by atoms with Gasteiger partial charge >= 0.3 is 0 Å². The largest absolute Gasteiger partial charge is 0.247 e. The van der Waals surface area contributed by atoms with Gasteiger partial charge in [-0.2, -0.15) is 0 Å². The highest BCUT2D eigenvalue weighted by atomic mass is 19.1. The molecule has 0 saturated heterocycles. The van der Waals surface area contributed by atoms with Gasteiger partial charge in [0.15, 0.2) is 0 Å². The molecule has 0 aliphatic heterocycles. The van der Waals surface area contributed by atoms with E-state index in [9.17, 15) is 4.39 Å². The quantitative estimate of drug-likeness (QED) is 0.490. The second-order valence-electron chi connectivity index (χ2n) is 4.47. The van der Waals surface area contributed by atoms with E-state index in [-0.39, 0.29) is 0 Å². The monoisotopic (exact) mass is 144 g/mol. The van der Waals surface area contributed by atoms with Crippen molar-refractivity contribution in [3.63, 3.8) is 0 Å². The molecule has 0 bridgehead atoms. The van der Waals surface area contributed by atoms with Crippen LogP contribution in [0.5, 0.6) is 0 Å². The summed E-state index contributed by atoms with van der Waals surface area (Å²) in [5.41, 5.74) is 0.320. The molecule has 0 spiro atoms. The van der Waals surface area contributed by atoms with Crippen molar-refractivity contribution < 1.29 is 4.39 Å². The van der Waals surface area contributed by atoms with Crippen LogP contribution in [-0.4, -0.2) is 6.17 Å². The first-order valence-corrected chi connectivity index (χ1v) is 4.14. The van der Waals surface area contributed by atoms with Gasteiger partial charge in [-0.05, 0) is 30.6 Å². The van der Waals surface area contributed by atoms with E-state index in [4.69, 9.17) is 0 Å². The molecule has 0 heterocycles. The maximum atomic E-state index is 12.7. The molecule has 2 atom stereocenters. The van der Waals surface area contributed by atoms with E-state index >= 15 is 0 Å². The zero-order chi connectivity index (χ0) is 7.78. The Kier molecular flexibility index (Phi) is 2.02. The van der Waals surface area contributed by atoms with Gasteiger partial charge < -0.3 is 0 Å². The van der Waals surface area contributed by atoms with Gasteiger partial charge in [-0.3, -0.25) is 0 Å². The molecule has 0 aromatic heterocycles. The minimum atomic E-state index is -0.510. The maximum Gasteiger partial charge on any atom is 0.100 e. The lowest BCUT2D eigenvalue weighted by Crippen LogP contribution is -2.17. The third-order valence-corrected chi connectivity index (χ3v) is 2.59. The Morgan fingerprint density at radius 2 is 1.80 bits per heavy atom. The molecule has 0 aromatic carbocycles. The van der Waals surface area contributed by atoms with Gasteiger partial charge in [0.05, 0.1) is 0 Å². The average molecular weight is 144 g/mol. The number of alkyl halides is 1. The van der Waals surface area contributed by atoms with Crippen molar-refractivity contribution in [2.75, 3.05) is 0 Å². The Morgan fingerprint density at radius 1 is 1.20 bits per heavy atom. The fourth-order valence-electron chi connectivity index (χ4n) is 1.71. The summed E-state index contributed by atoms with van der Waals surface area (Å²) in [4.78, 5) is 0. The van der Waals surface area contributed by atoms with Gasteiger partial charge in [0.1, 0.15) is 6.17 Å². The zero-order valence-corrected chi connectivity index (χ0v) is 7.15. The molecule has 0 radical (unpaired) electrons. The lowest BCUT2D eigenvalue weighted by atomic mass is 9.80. The van der Waals surface area contributed by atoms with E-state index in [1.807, 2.05) is 0 Å². The summed E-state index contributed by atoms with van der Waals surface area (Å²) in [6.07, 6.45) is 2.17. The van der Waals surface area contributed by atoms with E-state index < -0.39 is 6.17 Å². The van der Waals surface area contributed by atoms with Crippen LogP contribution in [-0.2, 0) is 0 Å². The fraction of sp³-hybridized carbons (Fsp3) is 1.00. The summed E-state index contributed by atoms with van der Waals surface area (Å²) < 4.78 is 12.7. The first-order chi connectivity index (χ1) is 4.50. The van der Waals surface area contributed by atoms with Gasteiger partial charge in [0, 0.05) is 0 Å². The second-order valence-corrected chi connectivity index (χ2v) is 4.47. The number of hydrogen-bond acceptors (Lipinski definition) is 0. The molecule has 1 aliphatic rings. The van der Waals surface area contributed by atoms with Crippen molar-refractivity contribution in [3.8, 4) is 0 Å². The Balaban J connectivity index is 2.45. The van der Waals surface area contributed by atoms with E-state index in [0.717, 1.165) is 19.3 Å². The minimum absolute atomic E-state index is 0.320. The van der Waals surface area contributed by atoms with E-state index in [0.29, 0.717) is 11.3 Å². The standard InChI is InChI=1S/C9H17F/c1-9(2,3)7-4-5-8(10)6-7/h7-8H,4-6H2,1-3H3/t7-,8-/m0/s1. The van der Waals surface area contributed by atoms with Crippen LogP contribution < -0.4 is 0 Å². The summed E-state index contributed by atoms with van der Waals surface area (Å²) in [6.45, 7) is 6.61. The molecule has 1 fully saturated rings. The summed E-state index contributed by atoms with van der Waals surface area (Å²) in [7, 11) is 0. The number of halogens is 1. The molecule has 0 amide bonds. The first-order valence-electron chi connectivity index (χ1n) is 4.14. The van der Waals surface area contributed by atoms with Crippen molar-refractivity contribution in [1.82, 2.24) is 0 Å². The summed E-state index contributed by atoms with van der Waals surface area (Å²) in [6, 6.07) is 0. The van der Waals surface area contributed by atoms with Crippen molar-refractivity contribution in [2.24, 2.45) is 11.3 Å². The summed E-state index contributed by atoms with van der Waals surface area (Å²) >= 11 is 0. The predicted molar refractivity (Wildman–Crippen MR) is 41.7 cm³/mol. The molecule has 0 aromatic rings. The van der Waals surface area contributed by atoms with Crippen LogP contribution in [0.15, 0.2) is 0 Å². The van der Waals surface area contributed by atoms with Crippen molar-refractivity contribution >= 4 is 0 Å². The van der Waals surface area contributed by atoms with Gasteiger partial charge in [-0.1, -0.05) is 20.8 Å². The molecular formula is C9H17F. The SMILES string of the molecule is CC(C)(C)[C@H]1CC[C@H](F)C1. The molecule has 1 rings (SSSR count). The predicted octanol–water partition coefficient (Wildman–Crippen LogP) is 3.17. The lowest BCUT2D eigenvalue weighted by molar-refractivity contribution is 0.226. The van der Waals surface area contributed by atoms with E-state index in [1.54, 1.807) is 0 Å². The molecule has 0 nitrogen and oxygen atoms in total. The van der Waals surface area contributed by atoms with E-state index in [1.165, 1.54) is 0 Å².